The highest BCUT2D eigenvalue weighted by atomic mass is 32.2. The van der Waals surface area contributed by atoms with Crippen molar-refractivity contribution in [2.75, 3.05) is 13.1 Å². The molecular formula is C28H31F3NS+. The van der Waals surface area contributed by atoms with Crippen molar-refractivity contribution in [1.82, 2.24) is 4.90 Å². The van der Waals surface area contributed by atoms with Crippen LogP contribution in [-0.2, 0) is 23.9 Å². The lowest BCUT2D eigenvalue weighted by Gasteiger charge is -2.26. The molecule has 3 aromatic carbocycles. The first-order chi connectivity index (χ1) is 16.0. The number of piperidine rings is 1. The SMILES string of the molecule is FC(F)(F)CCCc1ccc([S+](c2ccccc2)c2cccc(CN3CCCCC3)c2)cc1. The number of aryl methyl sites for hydroxylation is 1. The Morgan fingerprint density at radius 1 is 0.697 bits per heavy atom. The number of rotatable bonds is 8. The number of alkyl halides is 3. The maximum absolute atomic E-state index is 12.5. The van der Waals surface area contributed by atoms with Gasteiger partial charge in [-0.05, 0) is 86.3 Å². The van der Waals surface area contributed by atoms with E-state index in [9.17, 15) is 13.2 Å². The van der Waals surface area contributed by atoms with Crippen molar-refractivity contribution in [2.45, 2.75) is 65.9 Å². The molecule has 0 radical (unpaired) electrons. The summed E-state index contributed by atoms with van der Waals surface area (Å²) in [4.78, 5) is 6.26. The molecule has 0 bridgehead atoms. The second-order valence-corrected chi connectivity index (χ2v) is 10.7. The van der Waals surface area contributed by atoms with Gasteiger partial charge in [0.1, 0.15) is 0 Å². The number of hydrogen-bond donors (Lipinski definition) is 0. The fourth-order valence-corrected chi connectivity index (χ4v) is 6.53. The zero-order chi connectivity index (χ0) is 23.1. The minimum atomic E-state index is -4.08. The van der Waals surface area contributed by atoms with Gasteiger partial charge in [0.25, 0.3) is 0 Å². The van der Waals surface area contributed by atoms with Crippen LogP contribution >= 0.6 is 0 Å². The molecule has 0 saturated carbocycles. The molecule has 1 fully saturated rings. The third-order valence-corrected chi connectivity index (χ3v) is 8.27. The van der Waals surface area contributed by atoms with Crippen molar-refractivity contribution in [1.29, 1.82) is 0 Å². The van der Waals surface area contributed by atoms with Crippen LogP contribution in [0, 0.1) is 0 Å². The van der Waals surface area contributed by atoms with Crippen LogP contribution in [0.2, 0.25) is 0 Å². The lowest BCUT2D eigenvalue weighted by molar-refractivity contribution is -0.135. The van der Waals surface area contributed by atoms with E-state index in [1.807, 2.05) is 18.2 Å². The van der Waals surface area contributed by atoms with Crippen molar-refractivity contribution in [3.63, 3.8) is 0 Å². The summed E-state index contributed by atoms with van der Waals surface area (Å²) in [6.07, 6.45) is -0.338. The zero-order valence-electron chi connectivity index (χ0n) is 18.9. The Morgan fingerprint density at radius 2 is 1.36 bits per heavy atom. The lowest BCUT2D eigenvalue weighted by atomic mass is 10.1. The largest absolute Gasteiger partial charge is 0.389 e. The van der Waals surface area contributed by atoms with E-state index in [1.54, 1.807) is 0 Å². The van der Waals surface area contributed by atoms with Crippen LogP contribution in [0.4, 0.5) is 13.2 Å². The zero-order valence-corrected chi connectivity index (χ0v) is 19.7. The van der Waals surface area contributed by atoms with Gasteiger partial charge in [-0.3, -0.25) is 4.90 Å². The Bertz CT molecular complexity index is 996. The standard InChI is InChI=1S/C28H31F3NS/c29-28(30,31)18-8-10-23-14-16-26(17-15-23)33(25-11-3-1-4-12-25)27-13-7-9-24(21-27)22-32-19-5-2-6-20-32/h1,3-4,7,9,11-17,21H,2,5-6,8,10,18-20,22H2/q+1. The Hall–Kier alpha value is -2.24. The molecule has 0 aliphatic carbocycles. The second-order valence-electron chi connectivity index (χ2n) is 8.72. The van der Waals surface area contributed by atoms with Gasteiger partial charge in [-0.2, -0.15) is 13.2 Å². The highest BCUT2D eigenvalue weighted by Gasteiger charge is 2.29. The summed E-state index contributed by atoms with van der Waals surface area (Å²) in [5, 5.41) is 0. The summed E-state index contributed by atoms with van der Waals surface area (Å²) >= 11 is 0. The van der Waals surface area contributed by atoms with E-state index in [0.29, 0.717) is 6.42 Å². The van der Waals surface area contributed by atoms with E-state index in [0.717, 1.165) is 12.1 Å². The van der Waals surface area contributed by atoms with Gasteiger partial charge in [0.05, 0.1) is 10.9 Å². The van der Waals surface area contributed by atoms with Gasteiger partial charge in [-0.1, -0.05) is 48.9 Å². The molecule has 1 unspecified atom stereocenters. The summed E-state index contributed by atoms with van der Waals surface area (Å²) in [6, 6.07) is 27.6. The normalized spacial score (nSPS) is 16.0. The van der Waals surface area contributed by atoms with Crippen molar-refractivity contribution in [2.24, 2.45) is 0 Å². The van der Waals surface area contributed by atoms with E-state index < -0.39 is 12.6 Å². The monoisotopic (exact) mass is 470 g/mol. The van der Waals surface area contributed by atoms with Gasteiger partial charge in [-0.15, -0.1) is 0 Å². The number of benzene rings is 3. The summed E-state index contributed by atoms with van der Waals surface area (Å²) in [6.45, 7) is 3.33. The van der Waals surface area contributed by atoms with Crippen LogP contribution in [0.3, 0.4) is 0 Å². The minimum Gasteiger partial charge on any atom is -0.299 e. The Balaban J connectivity index is 1.56. The fraction of sp³-hybridized carbons (Fsp3) is 0.357. The summed E-state index contributed by atoms with van der Waals surface area (Å²) in [5.41, 5.74) is 2.30. The van der Waals surface area contributed by atoms with Crippen LogP contribution in [0.5, 0.6) is 0 Å². The molecule has 0 spiro atoms. The topological polar surface area (TPSA) is 3.24 Å². The molecule has 1 saturated heterocycles. The molecule has 4 rings (SSSR count). The average molecular weight is 471 g/mol. The molecule has 1 aliphatic rings. The van der Waals surface area contributed by atoms with Gasteiger partial charge in [0, 0.05) is 13.0 Å². The highest BCUT2D eigenvalue weighted by Crippen LogP contribution is 2.32. The molecule has 5 heteroatoms. The van der Waals surface area contributed by atoms with Crippen molar-refractivity contribution in [3.05, 3.63) is 90.0 Å². The third kappa shape index (κ3) is 7.12. The molecule has 0 N–H and O–H groups in total. The van der Waals surface area contributed by atoms with E-state index in [1.165, 1.54) is 52.6 Å². The molecule has 1 heterocycles. The van der Waals surface area contributed by atoms with Gasteiger partial charge in [-0.25, -0.2) is 0 Å². The first-order valence-corrected chi connectivity index (χ1v) is 13.0. The lowest BCUT2D eigenvalue weighted by Crippen LogP contribution is -2.29. The number of hydrogen-bond acceptors (Lipinski definition) is 1. The van der Waals surface area contributed by atoms with Crippen molar-refractivity contribution >= 4 is 10.9 Å². The molecular weight excluding hydrogens is 439 g/mol. The summed E-state index contributed by atoms with van der Waals surface area (Å²) in [7, 11) is -0.258. The van der Waals surface area contributed by atoms with Gasteiger partial charge >= 0.3 is 6.18 Å². The number of nitrogens with zero attached hydrogens (tertiary/aromatic N) is 1. The Labute approximate surface area is 198 Å². The average Bonchev–Trinajstić information content (AvgIpc) is 2.81. The van der Waals surface area contributed by atoms with Gasteiger partial charge < -0.3 is 0 Å². The maximum atomic E-state index is 12.5. The molecule has 1 nitrogen and oxygen atoms in total. The summed E-state index contributed by atoms with van der Waals surface area (Å²) < 4.78 is 37.4. The van der Waals surface area contributed by atoms with Crippen LogP contribution in [0.25, 0.3) is 0 Å². The molecule has 33 heavy (non-hydrogen) atoms. The minimum absolute atomic E-state index is 0.131. The Morgan fingerprint density at radius 3 is 2.06 bits per heavy atom. The predicted molar refractivity (Wildman–Crippen MR) is 130 cm³/mol. The first kappa shape index (κ1) is 23.9. The Kier molecular flexibility index (Phi) is 8.15. The van der Waals surface area contributed by atoms with E-state index in [4.69, 9.17) is 0 Å². The van der Waals surface area contributed by atoms with Crippen molar-refractivity contribution in [3.8, 4) is 0 Å². The molecule has 0 aromatic heterocycles. The highest BCUT2D eigenvalue weighted by molar-refractivity contribution is 7.97. The second kappa shape index (κ2) is 11.3. The molecule has 174 valence electrons. The first-order valence-electron chi connectivity index (χ1n) is 11.7. The fourth-order valence-electron chi connectivity index (χ4n) is 4.40. The van der Waals surface area contributed by atoms with Crippen LogP contribution in [-0.4, -0.2) is 24.2 Å². The quantitative estimate of drug-likeness (QED) is 0.306. The predicted octanol–water partition coefficient (Wildman–Crippen LogP) is 7.65. The third-order valence-electron chi connectivity index (χ3n) is 6.05. The molecule has 1 atom stereocenters. The van der Waals surface area contributed by atoms with Gasteiger partial charge in [0.15, 0.2) is 14.7 Å². The van der Waals surface area contributed by atoms with Crippen molar-refractivity contribution < 1.29 is 13.2 Å². The van der Waals surface area contributed by atoms with Crippen LogP contribution < -0.4 is 0 Å². The summed E-state index contributed by atoms with van der Waals surface area (Å²) in [5.74, 6) is 0. The van der Waals surface area contributed by atoms with E-state index in [-0.39, 0.29) is 17.3 Å². The van der Waals surface area contributed by atoms with Crippen LogP contribution in [0.1, 0.15) is 43.2 Å². The molecule has 0 amide bonds. The smallest absolute Gasteiger partial charge is 0.299 e. The molecule has 3 aromatic rings. The van der Waals surface area contributed by atoms with E-state index in [2.05, 4.69) is 65.6 Å². The van der Waals surface area contributed by atoms with Crippen LogP contribution in [0.15, 0.2) is 93.5 Å². The maximum Gasteiger partial charge on any atom is 0.389 e. The van der Waals surface area contributed by atoms with Gasteiger partial charge in [0.2, 0.25) is 0 Å². The number of halogens is 3. The van der Waals surface area contributed by atoms with E-state index >= 15 is 0 Å². The number of likely N-dealkylation sites (tertiary alicyclic amines) is 1. The molecule has 1 aliphatic heterocycles.